The molecule has 13 nitrogen and oxygen atoms in total. The predicted molar refractivity (Wildman–Crippen MR) is 108 cm³/mol. The fraction of sp³-hybridized carbons (Fsp3) is 0.684. The second kappa shape index (κ2) is 12.0. The van der Waals surface area contributed by atoms with Crippen LogP contribution in [0.3, 0.4) is 0 Å². The molecule has 13 heteroatoms. The Hall–Kier alpha value is -3.22. The number of rotatable bonds is 12. The first-order chi connectivity index (χ1) is 14.8. The molecule has 0 aliphatic carbocycles. The van der Waals surface area contributed by atoms with Gasteiger partial charge >= 0.3 is 17.9 Å². The lowest BCUT2D eigenvalue weighted by molar-refractivity contribution is -0.146. The molecule has 180 valence electrons. The minimum absolute atomic E-state index is 0.150. The summed E-state index contributed by atoms with van der Waals surface area (Å²) in [5, 5.41) is 31.7. The number of nitrogens with zero attached hydrogens (tertiary/aromatic N) is 1. The van der Waals surface area contributed by atoms with Gasteiger partial charge in [0, 0.05) is 13.0 Å². The topological polar surface area (TPSA) is 216 Å². The van der Waals surface area contributed by atoms with Crippen LogP contribution in [-0.2, 0) is 28.8 Å². The molecule has 1 fully saturated rings. The van der Waals surface area contributed by atoms with E-state index >= 15 is 0 Å². The maximum absolute atomic E-state index is 13.1. The normalized spacial score (nSPS) is 18.5. The van der Waals surface area contributed by atoms with Crippen molar-refractivity contribution in [3.8, 4) is 0 Å². The summed E-state index contributed by atoms with van der Waals surface area (Å²) in [7, 11) is 0. The number of aliphatic carboxylic acids is 3. The van der Waals surface area contributed by atoms with E-state index in [9.17, 15) is 33.9 Å². The highest BCUT2D eigenvalue weighted by atomic mass is 16.4. The zero-order chi connectivity index (χ0) is 24.6. The molecule has 4 atom stereocenters. The monoisotopic (exact) mass is 458 g/mol. The Labute approximate surface area is 184 Å². The van der Waals surface area contributed by atoms with Gasteiger partial charge in [-0.15, -0.1) is 0 Å². The molecule has 0 radical (unpaired) electrons. The van der Waals surface area contributed by atoms with Gasteiger partial charge in [-0.25, -0.2) is 4.79 Å². The van der Waals surface area contributed by atoms with Crippen molar-refractivity contribution >= 4 is 35.6 Å². The number of hydrogen-bond donors (Lipinski definition) is 6. The molecule has 0 saturated carbocycles. The zero-order valence-electron chi connectivity index (χ0n) is 17.9. The molecule has 4 unspecified atom stereocenters. The smallest absolute Gasteiger partial charge is 0.326 e. The van der Waals surface area contributed by atoms with Gasteiger partial charge in [0.05, 0.1) is 12.5 Å². The van der Waals surface area contributed by atoms with E-state index in [1.165, 1.54) is 4.90 Å². The van der Waals surface area contributed by atoms with Gasteiger partial charge in [0.2, 0.25) is 17.7 Å². The Bertz CT molecular complexity index is 755. The molecule has 32 heavy (non-hydrogen) atoms. The van der Waals surface area contributed by atoms with Crippen molar-refractivity contribution in [2.75, 3.05) is 6.54 Å². The largest absolute Gasteiger partial charge is 0.481 e. The van der Waals surface area contributed by atoms with Gasteiger partial charge in [-0.1, -0.05) is 13.8 Å². The maximum atomic E-state index is 13.1. The summed E-state index contributed by atoms with van der Waals surface area (Å²) in [6.07, 6.45) is -0.744. The van der Waals surface area contributed by atoms with Crippen LogP contribution in [0.2, 0.25) is 0 Å². The van der Waals surface area contributed by atoms with Gasteiger partial charge in [-0.3, -0.25) is 24.0 Å². The summed E-state index contributed by atoms with van der Waals surface area (Å²) in [4.78, 5) is 72.2. The third-order valence-corrected chi connectivity index (χ3v) is 5.06. The Morgan fingerprint density at radius 3 is 2.16 bits per heavy atom. The van der Waals surface area contributed by atoms with Gasteiger partial charge in [-0.2, -0.15) is 0 Å². The predicted octanol–water partition coefficient (Wildman–Crippen LogP) is -1.65. The van der Waals surface area contributed by atoms with Crippen molar-refractivity contribution < 1.29 is 44.1 Å². The summed E-state index contributed by atoms with van der Waals surface area (Å²) < 4.78 is 0. The molecule has 1 aliphatic rings. The number of carboxylic acids is 3. The van der Waals surface area contributed by atoms with Crippen molar-refractivity contribution in [1.29, 1.82) is 0 Å². The minimum atomic E-state index is -1.45. The molecule has 3 amide bonds. The second-order valence-corrected chi connectivity index (χ2v) is 7.96. The third kappa shape index (κ3) is 7.80. The van der Waals surface area contributed by atoms with Crippen LogP contribution < -0.4 is 16.4 Å². The third-order valence-electron chi connectivity index (χ3n) is 5.06. The average Bonchev–Trinajstić information content (AvgIpc) is 3.17. The van der Waals surface area contributed by atoms with E-state index in [1.54, 1.807) is 13.8 Å². The van der Waals surface area contributed by atoms with E-state index in [2.05, 4.69) is 10.6 Å². The molecule has 0 aromatic carbocycles. The van der Waals surface area contributed by atoms with E-state index in [0.29, 0.717) is 6.42 Å². The van der Waals surface area contributed by atoms with Crippen LogP contribution in [0.25, 0.3) is 0 Å². The van der Waals surface area contributed by atoms with Crippen LogP contribution in [-0.4, -0.2) is 86.6 Å². The van der Waals surface area contributed by atoms with E-state index < -0.39 is 78.6 Å². The highest BCUT2D eigenvalue weighted by molar-refractivity contribution is 5.95. The molecule has 0 bridgehead atoms. The fourth-order valence-corrected chi connectivity index (χ4v) is 3.35. The molecule has 1 heterocycles. The number of carbonyl (C=O) groups is 6. The summed E-state index contributed by atoms with van der Waals surface area (Å²) in [6.45, 7) is 3.39. The molecular weight excluding hydrogens is 428 g/mol. The molecule has 0 spiro atoms. The molecule has 7 N–H and O–H groups in total. The highest BCUT2D eigenvalue weighted by Gasteiger charge is 2.39. The maximum Gasteiger partial charge on any atom is 0.326 e. The number of nitrogens with one attached hydrogen (secondary N) is 2. The summed E-state index contributed by atoms with van der Waals surface area (Å²) >= 11 is 0. The quantitative estimate of drug-likeness (QED) is 0.196. The molecule has 1 aliphatic heterocycles. The number of nitrogens with two attached hydrogens (primary N) is 1. The number of amides is 3. The Morgan fingerprint density at radius 2 is 1.66 bits per heavy atom. The fourth-order valence-electron chi connectivity index (χ4n) is 3.35. The average molecular weight is 458 g/mol. The zero-order valence-corrected chi connectivity index (χ0v) is 17.9. The first kappa shape index (κ1) is 26.8. The van der Waals surface area contributed by atoms with Crippen LogP contribution in [0.15, 0.2) is 0 Å². The van der Waals surface area contributed by atoms with Crippen molar-refractivity contribution in [1.82, 2.24) is 15.5 Å². The van der Waals surface area contributed by atoms with Crippen LogP contribution in [0.1, 0.15) is 46.0 Å². The lowest BCUT2D eigenvalue weighted by atomic mass is 10.0. The number of carbonyl (C=O) groups excluding carboxylic acids is 3. The van der Waals surface area contributed by atoms with E-state index in [1.807, 2.05) is 0 Å². The second-order valence-electron chi connectivity index (χ2n) is 7.96. The first-order valence-corrected chi connectivity index (χ1v) is 10.2. The van der Waals surface area contributed by atoms with Gasteiger partial charge in [-0.05, 0) is 25.2 Å². The van der Waals surface area contributed by atoms with Crippen LogP contribution in [0.5, 0.6) is 0 Å². The molecule has 0 aromatic rings. The van der Waals surface area contributed by atoms with Crippen molar-refractivity contribution in [3.63, 3.8) is 0 Å². The first-order valence-electron chi connectivity index (χ1n) is 10.2. The number of hydrogen-bond acceptors (Lipinski definition) is 7. The number of carboxylic acid groups (broad SMARTS) is 3. The molecule has 0 aromatic heterocycles. The van der Waals surface area contributed by atoms with E-state index in [-0.39, 0.29) is 19.4 Å². The Morgan fingerprint density at radius 1 is 1.03 bits per heavy atom. The standard InChI is InChI=1S/C19H30N4O9/c1-9(2)15(19(31)32)22-17(29)12-4-3-7-23(12)18(30)11(5-6-13(24)25)21-16(28)10(20)8-14(26)27/h9-12,15H,3-8,20H2,1-2H3,(H,21,28)(H,22,29)(H,24,25)(H,26,27)(H,31,32). The molecular formula is C19H30N4O9. The Balaban J connectivity index is 2.99. The summed E-state index contributed by atoms with van der Waals surface area (Å²) in [5.74, 6) is -6.50. The highest BCUT2D eigenvalue weighted by Crippen LogP contribution is 2.20. The van der Waals surface area contributed by atoms with Crippen LogP contribution in [0, 0.1) is 5.92 Å². The van der Waals surface area contributed by atoms with Crippen molar-refractivity contribution in [2.45, 2.75) is 70.1 Å². The summed E-state index contributed by atoms with van der Waals surface area (Å²) in [6, 6.07) is -4.93. The van der Waals surface area contributed by atoms with Crippen LogP contribution in [0.4, 0.5) is 0 Å². The van der Waals surface area contributed by atoms with Crippen molar-refractivity contribution in [2.24, 2.45) is 11.7 Å². The van der Waals surface area contributed by atoms with E-state index in [0.717, 1.165) is 0 Å². The molecule has 1 rings (SSSR count). The lowest BCUT2D eigenvalue weighted by Crippen LogP contribution is -2.57. The SMILES string of the molecule is CC(C)C(NC(=O)C1CCCN1C(=O)C(CCC(=O)O)NC(=O)C(N)CC(=O)O)C(=O)O. The van der Waals surface area contributed by atoms with Gasteiger partial charge in [0.1, 0.15) is 18.1 Å². The molecule has 1 saturated heterocycles. The lowest BCUT2D eigenvalue weighted by Gasteiger charge is -2.30. The van der Waals surface area contributed by atoms with Crippen LogP contribution >= 0.6 is 0 Å². The van der Waals surface area contributed by atoms with E-state index in [4.69, 9.17) is 15.9 Å². The summed E-state index contributed by atoms with van der Waals surface area (Å²) in [5.41, 5.74) is 5.51. The minimum Gasteiger partial charge on any atom is -0.481 e. The number of likely N-dealkylation sites (tertiary alicyclic amines) is 1. The van der Waals surface area contributed by atoms with Gasteiger partial charge < -0.3 is 36.6 Å². The van der Waals surface area contributed by atoms with Gasteiger partial charge in [0.25, 0.3) is 0 Å². The Kier molecular flexibility index (Phi) is 10.0. The van der Waals surface area contributed by atoms with Gasteiger partial charge in [0.15, 0.2) is 0 Å². The van der Waals surface area contributed by atoms with Crippen molar-refractivity contribution in [3.05, 3.63) is 0 Å².